The van der Waals surface area contributed by atoms with Crippen LogP contribution in [0.5, 0.6) is 0 Å². The molecule has 1 aliphatic rings. The van der Waals surface area contributed by atoms with Gasteiger partial charge in [-0.05, 0) is 25.7 Å². The summed E-state index contributed by atoms with van der Waals surface area (Å²) in [7, 11) is 0. The average Bonchev–Trinajstić information content (AvgIpc) is 2.84. The molecule has 0 radical (unpaired) electrons. The van der Waals surface area contributed by atoms with E-state index < -0.39 is 0 Å². The van der Waals surface area contributed by atoms with E-state index >= 15 is 0 Å². The fraction of sp³-hybridized carbons (Fsp3) is 0.818. The molecule has 0 amide bonds. The Bertz CT molecular complexity index is 305. The normalized spacial score (nSPS) is 19.6. The van der Waals surface area contributed by atoms with Gasteiger partial charge in [0.1, 0.15) is 0 Å². The van der Waals surface area contributed by atoms with Gasteiger partial charge in [0.2, 0.25) is 5.89 Å². The van der Waals surface area contributed by atoms with Gasteiger partial charge in [-0.3, -0.25) is 0 Å². The van der Waals surface area contributed by atoms with Gasteiger partial charge in [0, 0.05) is 13.0 Å². The summed E-state index contributed by atoms with van der Waals surface area (Å²) in [4.78, 5) is 4.17. The quantitative estimate of drug-likeness (QED) is 0.824. The second kappa shape index (κ2) is 4.75. The summed E-state index contributed by atoms with van der Waals surface area (Å²) in [6.45, 7) is 4.79. The van der Waals surface area contributed by atoms with Crippen LogP contribution in [0.3, 0.4) is 0 Å². The van der Waals surface area contributed by atoms with Crippen molar-refractivity contribution in [3.63, 3.8) is 0 Å². The lowest BCUT2D eigenvalue weighted by molar-refractivity contribution is 0.362. The van der Waals surface area contributed by atoms with Gasteiger partial charge in [0.05, 0.1) is 6.54 Å². The van der Waals surface area contributed by atoms with Crippen molar-refractivity contribution in [2.75, 3.05) is 0 Å². The lowest BCUT2D eigenvalue weighted by Gasteiger charge is -2.19. The molecule has 1 heterocycles. The molecule has 0 unspecified atom stereocenters. The Morgan fingerprint density at radius 3 is 2.80 bits per heavy atom. The summed E-state index contributed by atoms with van der Waals surface area (Å²) in [5.74, 6) is 2.23. The van der Waals surface area contributed by atoms with Crippen LogP contribution in [0, 0.1) is 12.8 Å². The standard InChI is InChI=1S/C11H19N3O/c1-8(10-5-3-4-6-10)12-7-11-13-9(2)15-14-11/h8,10,12H,3-7H2,1-2H3/t8-/m0/s1. The van der Waals surface area contributed by atoms with E-state index in [4.69, 9.17) is 4.52 Å². The average molecular weight is 209 g/mol. The Labute approximate surface area is 90.4 Å². The van der Waals surface area contributed by atoms with E-state index in [-0.39, 0.29) is 0 Å². The summed E-state index contributed by atoms with van der Waals surface area (Å²) in [5, 5.41) is 7.33. The van der Waals surface area contributed by atoms with Crippen molar-refractivity contribution < 1.29 is 4.52 Å². The van der Waals surface area contributed by atoms with Crippen LogP contribution in [-0.2, 0) is 6.54 Å². The predicted octanol–water partition coefficient (Wildman–Crippen LogP) is 2.05. The maximum Gasteiger partial charge on any atom is 0.223 e. The molecular weight excluding hydrogens is 190 g/mol. The number of nitrogens with zero attached hydrogens (tertiary/aromatic N) is 2. The number of aryl methyl sites for hydroxylation is 1. The van der Waals surface area contributed by atoms with Crippen molar-refractivity contribution in [2.45, 2.75) is 52.1 Å². The summed E-state index contributed by atoms with van der Waals surface area (Å²) >= 11 is 0. The Hall–Kier alpha value is -0.900. The molecule has 0 aliphatic heterocycles. The van der Waals surface area contributed by atoms with Crippen molar-refractivity contribution in [1.82, 2.24) is 15.5 Å². The second-order valence-electron chi connectivity index (χ2n) is 4.44. The molecule has 1 atom stereocenters. The molecule has 1 fully saturated rings. The largest absolute Gasteiger partial charge is 0.340 e. The smallest absolute Gasteiger partial charge is 0.223 e. The molecular formula is C11H19N3O. The second-order valence-corrected chi connectivity index (χ2v) is 4.44. The van der Waals surface area contributed by atoms with E-state index in [2.05, 4.69) is 22.4 Å². The first-order valence-electron chi connectivity index (χ1n) is 5.78. The first-order valence-corrected chi connectivity index (χ1v) is 5.78. The van der Waals surface area contributed by atoms with Gasteiger partial charge in [-0.1, -0.05) is 18.0 Å². The molecule has 1 aliphatic carbocycles. The molecule has 0 spiro atoms. The zero-order chi connectivity index (χ0) is 10.7. The minimum absolute atomic E-state index is 0.561. The first kappa shape index (κ1) is 10.6. The van der Waals surface area contributed by atoms with Crippen LogP contribution in [0.25, 0.3) is 0 Å². The van der Waals surface area contributed by atoms with Crippen LogP contribution in [0.15, 0.2) is 4.52 Å². The van der Waals surface area contributed by atoms with E-state index in [9.17, 15) is 0 Å². The molecule has 0 saturated heterocycles. The Morgan fingerprint density at radius 2 is 2.20 bits per heavy atom. The van der Waals surface area contributed by atoms with Crippen LogP contribution in [0.4, 0.5) is 0 Å². The fourth-order valence-electron chi connectivity index (χ4n) is 2.29. The number of rotatable bonds is 4. The van der Waals surface area contributed by atoms with E-state index in [1.54, 1.807) is 0 Å². The topological polar surface area (TPSA) is 51.0 Å². The molecule has 84 valence electrons. The van der Waals surface area contributed by atoms with Crippen molar-refractivity contribution in [3.05, 3.63) is 11.7 Å². The van der Waals surface area contributed by atoms with Crippen LogP contribution in [0.1, 0.15) is 44.3 Å². The van der Waals surface area contributed by atoms with Gasteiger partial charge in [0.15, 0.2) is 5.82 Å². The number of nitrogens with one attached hydrogen (secondary N) is 1. The van der Waals surface area contributed by atoms with E-state index in [1.165, 1.54) is 25.7 Å². The molecule has 1 saturated carbocycles. The molecule has 0 bridgehead atoms. The van der Waals surface area contributed by atoms with E-state index in [0.29, 0.717) is 11.9 Å². The minimum Gasteiger partial charge on any atom is -0.340 e. The highest BCUT2D eigenvalue weighted by atomic mass is 16.5. The van der Waals surface area contributed by atoms with Crippen LogP contribution in [0.2, 0.25) is 0 Å². The summed E-state index contributed by atoms with van der Waals surface area (Å²) in [6.07, 6.45) is 5.49. The van der Waals surface area contributed by atoms with E-state index in [0.717, 1.165) is 18.3 Å². The number of hydrogen-bond donors (Lipinski definition) is 1. The SMILES string of the molecule is Cc1nc(CN[C@@H](C)C2CCCC2)no1. The fourth-order valence-corrected chi connectivity index (χ4v) is 2.29. The summed E-state index contributed by atoms with van der Waals surface area (Å²) in [6, 6.07) is 0.561. The maximum atomic E-state index is 4.92. The highest BCUT2D eigenvalue weighted by Gasteiger charge is 2.21. The zero-order valence-corrected chi connectivity index (χ0v) is 9.49. The lowest BCUT2D eigenvalue weighted by atomic mass is 10.00. The molecule has 1 aromatic heterocycles. The summed E-state index contributed by atoms with van der Waals surface area (Å²) < 4.78 is 4.92. The highest BCUT2D eigenvalue weighted by Crippen LogP contribution is 2.27. The number of hydrogen-bond acceptors (Lipinski definition) is 4. The Kier molecular flexibility index (Phi) is 3.36. The monoisotopic (exact) mass is 209 g/mol. The Balaban J connectivity index is 1.77. The zero-order valence-electron chi connectivity index (χ0n) is 9.49. The minimum atomic E-state index is 0.561. The highest BCUT2D eigenvalue weighted by molar-refractivity contribution is 4.85. The van der Waals surface area contributed by atoms with Gasteiger partial charge in [0.25, 0.3) is 0 Å². The van der Waals surface area contributed by atoms with Crippen LogP contribution >= 0.6 is 0 Å². The lowest BCUT2D eigenvalue weighted by Crippen LogP contribution is -2.32. The molecule has 1 N–H and O–H groups in total. The predicted molar refractivity (Wildman–Crippen MR) is 57.3 cm³/mol. The third kappa shape index (κ3) is 2.78. The van der Waals surface area contributed by atoms with Gasteiger partial charge in [-0.15, -0.1) is 0 Å². The third-order valence-corrected chi connectivity index (χ3v) is 3.26. The van der Waals surface area contributed by atoms with Crippen LogP contribution in [-0.4, -0.2) is 16.2 Å². The van der Waals surface area contributed by atoms with Gasteiger partial charge in [-0.25, -0.2) is 0 Å². The van der Waals surface area contributed by atoms with Crippen molar-refractivity contribution in [1.29, 1.82) is 0 Å². The molecule has 15 heavy (non-hydrogen) atoms. The van der Waals surface area contributed by atoms with Crippen molar-refractivity contribution >= 4 is 0 Å². The van der Waals surface area contributed by atoms with Gasteiger partial charge >= 0.3 is 0 Å². The number of aromatic nitrogens is 2. The molecule has 1 aromatic rings. The van der Waals surface area contributed by atoms with Crippen molar-refractivity contribution in [3.8, 4) is 0 Å². The molecule has 4 heteroatoms. The van der Waals surface area contributed by atoms with Gasteiger partial charge in [-0.2, -0.15) is 4.98 Å². The van der Waals surface area contributed by atoms with E-state index in [1.807, 2.05) is 6.92 Å². The Morgan fingerprint density at radius 1 is 1.47 bits per heavy atom. The third-order valence-electron chi connectivity index (χ3n) is 3.26. The molecule has 4 nitrogen and oxygen atoms in total. The van der Waals surface area contributed by atoms with Crippen molar-refractivity contribution in [2.24, 2.45) is 5.92 Å². The maximum absolute atomic E-state index is 4.92. The van der Waals surface area contributed by atoms with Crippen LogP contribution < -0.4 is 5.32 Å². The molecule has 2 rings (SSSR count). The summed E-state index contributed by atoms with van der Waals surface area (Å²) in [5.41, 5.74) is 0. The first-order chi connectivity index (χ1) is 7.25. The molecule has 0 aromatic carbocycles. The van der Waals surface area contributed by atoms with Gasteiger partial charge < -0.3 is 9.84 Å².